The fourth-order valence-corrected chi connectivity index (χ4v) is 1.77. The molecule has 2 amide bonds. The Kier molecular flexibility index (Phi) is 7.49. The second-order valence-corrected chi connectivity index (χ2v) is 5.03. The van der Waals surface area contributed by atoms with Crippen molar-refractivity contribution in [3.05, 3.63) is 0 Å². The molecule has 0 saturated heterocycles. The minimum absolute atomic E-state index is 0.0243. The van der Waals surface area contributed by atoms with Crippen LogP contribution in [0, 0.1) is 5.92 Å². The predicted octanol–water partition coefficient (Wildman–Crippen LogP) is 0.0857. The molecule has 0 aromatic carbocycles. The van der Waals surface area contributed by atoms with Gasteiger partial charge in [0, 0.05) is 13.3 Å². The van der Waals surface area contributed by atoms with Crippen LogP contribution in [-0.4, -0.2) is 40.8 Å². The van der Waals surface area contributed by atoms with Crippen LogP contribution < -0.4 is 10.6 Å². The van der Waals surface area contributed by atoms with Crippen molar-refractivity contribution in [2.75, 3.05) is 0 Å². The molecule has 0 aliphatic heterocycles. The Balaban J connectivity index is 4.79. The van der Waals surface area contributed by atoms with Crippen molar-refractivity contribution >= 4 is 23.6 Å². The molecule has 0 rings (SSSR count). The third-order valence-corrected chi connectivity index (χ3v) is 2.74. The normalized spacial score (nSPS) is 13.4. The molecule has 0 fully saturated rings. The molecule has 0 heterocycles. The molecule has 0 aromatic rings. The molecule has 0 aliphatic carbocycles. The lowest BCUT2D eigenvalue weighted by Crippen LogP contribution is -2.52. The van der Waals surface area contributed by atoms with Gasteiger partial charge in [0.2, 0.25) is 11.8 Å². The van der Waals surface area contributed by atoms with Crippen LogP contribution in [0.1, 0.15) is 40.5 Å². The Morgan fingerprint density at radius 1 is 1.05 bits per heavy atom. The Morgan fingerprint density at radius 2 is 1.60 bits per heavy atom. The van der Waals surface area contributed by atoms with E-state index in [0.29, 0.717) is 0 Å². The van der Waals surface area contributed by atoms with Gasteiger partial charge in [-0.3, -0.25) is 19.2 Å². The highest BCUT2D eigenvalue weighted by Gasteiger charge is 2.26. The zero-order valence-electron chi connectivity index (χ0n) is 12.2. The summed E-state index contributed by atoms with van der Waals surface area (Å²) in [4.78, 5) is 45.1. The van der Waals surface area contributed by atoms with E-state index in [9.17, 15) is 19.2 Å². The number of amides is 2. The van der Waals surface area contributed by atoms with Crippen LogP contribution in [0.15, 0.2) is 0 Å². The quantitative estimate of drug-likeness (QED) is 0.585. The second-order valence-electron chi connectivity index (χ2n) is 5.03. The van der Waals surface area contributed by atoms with Gasteiger partial charge in [0.25, 0.3) is 0 Å². The fraction of sp³-hybridized carbons (Fsp3) is 0.692. The number of Topliss-reactive ketones (excluding diaryl/α,β-unsaturated/α-hetero) is 1. The number of hydrogen-bond acceptors (Lipinski definition) is 4. The molecule has 2 atom stereocenters. The molecule has 0 radical (unpaired) electrons. The van der Waals surface area contributed by atoms with Crippen molar-refractivity contribution in [2.24, 2.45) is 5.92 Å². The lowest BCUT2D eigenvalue weighted by Gasteiger charge is -2.23. The first kappa shape index (κ1) is 18.1. The van der Waals surface area contributed by atoms with Crippen molar-refractivity contribution in [2.45, 2.75) is 52.6 Å². The maximum atomic E-state index is 12.0. The number of ketones is 1. The fourth-order valence-electron chi connectivity index (χ4n) is 1.77. The molecule has 20 heavy (non-hydrogen) atoms. The zero-order valence-corrected chi connectivity index (χ0v) is 12.2. The topological polar surface area (TPSA) is 113 Å². The molecule has 7 nitrogen and oxygen atoms in total. The SMILES string of the molecule is CC(=O)N[C@H](CCC(=O)O)C(=O)N[C@H](C(C)=O)C(C)C. The summed E-state index contributed by atoms with van der Waals surface area (Å²) < 4.78 is 0. The van der Waals surface area contributed by atoms with Crippen LogP contribution >= 0.6 is 0 Å². The largest absolute Gasteiger partial charge is 0.481 e. The van der Waals surface area contributed by atoms with E-state index in [4.69, 9.17) is 5.11 Å². The van der Waals surface area contributed by atoms with Gasteiger partial charge < -0.3 is 15.7 Å². The highest BCUT2D eigenvalue weighted by Crippen LogP contribution is 2.05. The third kappa shape index (κ3) is 6.86. The summed E-state index contributed by atoms with van der Waals surface area (Å²) >= 11 is 0. The van der Waals surface area contributed by atoms with Crippen LogP contribution in [0.5, 0.6) is 0 Å². The summed E-state index contributed by atoms with van der Waals surface area (Å²) in [5.74, 6) is -2.31. The molecule has 114 valence electrons. The van der Waals surface area contributed by atoms with E-state index in [2.05, 4.69) is 10.6 Å². The number of hydrogen-bond donors (Lipinski definition) is 3. The van der Waals surface area contributed by atoms with E-state index in [1.807, 2.05) is 0 Å². The number of carbonyl (C=O) groups is 4. The summed E-state index contributed by atoms with van der Waals surface area (Å²) in [6.45, 7) is 6.19. The van der Waals surface area contributed by atoms with Gasteiger partial charge in [-0.05, 0) is 19.3 Å². The van der Waals surface area contributed by atoms with Crippen LogP contribution in [0.4, 0.5) is 0 Å². The number of carboxylic acids is 1. The summed E-state index contributed by atoms with van der Waals surface area (Å²) in [6, 6.07) is -1.60. The predicted molar refractivity (Wildman–Crippen MR) is 71.9 cm³/mol. The highest BCUT2D eigenvalue weighted by atomic mass is 16.4. The van der Waals surface area contributed by atoms with Gasteiger partial charge in [0.15, 0.2) is 5.78 Å². The number of aliphatic carboxylic acids is 1. The van der Waals surface area contributed by atoms with E-state index in [1.54, 1.807) is 13.8 Å². The van der Waals surface area contributed by atoms with Crippen molar-refractivity contribution in [3.63, 3.8) is 0 Å². The van der Waals surface area contributed by atoms with Crippen molar-refractivity contribution in [3.8, 4) is 0 Å². The summed E-state index contributed by atoms with van der Waals surface area (Å²) in [6.07, 6.45) is -0.270. The van der Waals surface area contributed by atoms with Gasteiger partial charge in [-0.25, -0.2) is 0 Å². The number of carbonyl (C=O) groups excluding carboxylic acids is 3. The molecule has 0 bridgehead atoms. The van der Waals surface area contributed by atoms with E-state index >= 15 is 0 Å². The molecule has 0 aromatic heterocycles. The molecule has 0 aliphatic rings. The first-order valence-electron chi connectivity index (χ1n) is 6.44. The van der Waals surface area contributed by atoms with Gasteiger partial charge in [-0.2, -0.15) is 0 Å². The van der Waals surface area contributed by atoms with E-state index in [1.165, 1.54) is 13.8 Å². The summed E-state index contributed by atoms with van der Waals surface area (Å²) in [5, 5.41) is 13.6. The van der Waals surface area contributed by atoms with Crippen molar-refractivity contribution in [1.29, 1.82) is 0 Å². The number of rotatable bonds is 8. The van der Waals surface area contributed by atoms with Gasteiger partial charge in [0.05, 0.1) is 6.04 Å². The number of carboxylic acid groups (broad SMARTS) is 1. The van der Waals surface area contributed by atoms with Crippen LogP contribution in [-0.2, 0) is 19.2 Å². The van der Waals surface area contributed by atoms with Crippen LogP contribution in [0.25, 0.3) is 0 Å². The monoisotopic (exact) mass is 286 g/mol. The Bertz CT molecular complexity index is 392. The van der Waals surface area contributed by atoms with Gasteiger partial charge in [-0.15, -0.1) is 0 Å². The van der Waals surface area contributed by atoms with Crippen molar-refractivity contribution in [1.82, 2.24) is 10.6 Å². The smallest absolute Gasteiger partial charge is 0.303 e. The van der Waals surface area contributed by atoms with E-state index < -0.39 is 29.9 Å². The lowest BCUT2D eigenvalue weighted by atomic mass is 10.00. The first-order valence-corrected chi connectivity index (χ1v) is 6.44. The molecule has 0 saturated carbocycles. The average molecular weight is 286 g/mol. The standard InChI is InChI=1S/C13H22N2O5/c1-7(2)12(8(3)16)15-13(20)10(14-9(4)17)5-6-11(18)19/h7,10,12H,5-6H2,1-4H3,(H,14,17)(H,15,20)(H,18,19)/t10-,12+/m1/s1. The van der Waals surface area contributed by atoms with Gasteiger partial charge >= 0.3 is 5.97 Å². The molecular formula is C13H22N2O5. The maximum absolute atomic E-state index is 12.0. The van der Waals surface area contributed by atoms with Crippen molar-refractivity contribution < 1.29 is 24.3 Å². The van der Waals surface area contributed by atoms with Crippen LogP contribution in [0.3, 0.4) is 0 Å². The average Bonchev–Trinajstić information content (AvgIpc) is 2.29. The van der Waals surface area contributed by atoms with Gasteiger partial charge in [-0.1, -0.05) is 13.8 Å². The van der Waals surface area contributed by atoms with E-state index in [-0.39, 0.29) is 24.5 Å². The lowest BCUT2D eigenvalue weighted by molar-refractivity contribution is -0.138. The Morgan fingerprint density at radius 3 is 1.95 bits per heavy atom. The van der Waals surface area contributed by atoms with E-state index in [0.717, 1.165) is 0 Å². The summed E-state index contributed by atoms with van der Waals surface area (Å²) in [5.41, 5.74) is 0. The maximum Gasteiger partial charge on any atom is 0.303 e. The minimum atomic E-state index is -1.06. The Hall–Kier alpha value is -1.92. The molecule has 7 heteroatoms. The molecule has 0 spiro atoms. The summed E-state index contributed by atoms with van der Waals surface area (Å²) in [7, 11) is 0. The third-order valence-electron chi connectivity index (χ3n) is 2.74. The van der Waals surface area contributed by atoms with Crippen LogP contribution in [0.2, 0.25) is 0 Å². The zero-order chi connectivity index (χ0) is 15.9. The number of nitrogens with one attached hydrogen (secondary N) is 2. The van der Waals surface area contributed by atoms with Gasteiger partial charge in [0.1, 0.15) is 6.04 Å². The highest BCUT2D eigenvalue weighted by molar-refractivity contribution is 5.92. The first-order chi connectivity index (χ1) is 9.15. The molecule has 0 unspecified atom stereocenters. The minimum Gasteiger partial charge on any atom is -0.481 e. The Labute approximate surface area is 118 Å². The molecular weight excluding hydrogens is 264 g/mol. The molecule has 3 N–H and O–H groups in total. The second kappa shape index (κ2) is 8.29.